The molecule has 0 aliphatic rings. The van der Waals surface area contributed by atoms with E-state index in [4.69, 9.17) is 0 Å². The van der Waals surface area contributed by atoms with Crippen molar-refractivity contribution in [3.05, 3.63) is 11.6 Å². The number of H-pyrrole nitrogens is 1. The van der Waals surface area contributed by atoms with E-state index in [1.165, 1.54) is 32.1 Å². The van der Waals surface area contributed by atoms with Crippen LogP contribution in [0.5, 0.6) is 0 Å². The average Bonchev–Trinajstić information content (AvgIpc) is 2.82. The minimum absolute atomic E-state index is 0.181. The molecule has 1 rings (SSSR count). The van der Waals surface area contributed by atoms with E-state index in [1.54, 1.807) is 4.90 Å². The van der Waals surface area contributed by atoms with Gasteiger partial charge >= 0.3 is 0 Å². The van der Waals surface area contributed by atoms with Crippen LogP contribution in [0.4, 0.5) is 0 Å². The van der Waals surface area contributed by atoms with Gasteiger partial charge in [-0.05, 0) is 13.3 Å². The average molecular weight is 280 g/mol. The Labute approximate surface area is 122 Å². The minimum atomic E-state index is 0.181. The van der Waals surface area contributed by atoms with Crippen LogP contribution in [-0.4, -0.2) is 33.0 Å². The van der Waals surface area contributed by atoms with E-state index in [-0.39, 0.29) is 5.91 Å². The summed E-state index contributed by atoms with van der Waals surface area (Å²) < 4.78 is 0. The van der Waals surface area contributed by atoms with Crippen molar-refractivity contribution in [2.45, 2.75) is 71.8 Å². The monoisotopic (exact) mass is 280 g/mol. The quantitative estimate of drug-likeness (QED) is 0.669. The molecule has 0 fully saturated rings. The number of aryl methyl sites for hydroxylation is 1. The Morgan fingerprint density at radius 3 is 2.40 bits per heavy atom. The van der Waals surface area contributed by atoms with Gasteiger partial charge < -0.3 is 4.90 Å². The molecule has 1 aromatic heterocycles. The molecule has 1 amide bonds. The largest absolute Gasteiger partial charge is 0.338 e. The summed E-state index contributed by atoms with van der Waals surface area (Å²) >= 11 is 0. The highest BCUT2D eigenvalue weighted by Crippen LogP contribution is 2.09. The fraction of sp³-hybridized carbons (Fsp3) is 0.800. The molecule has 0 aliphatic carbocycles. The Balaban J connectivity index is 2.09. The smallest absolute Gasteiger partial charge is 0.222 e. The summed E-state index contributed by atoms with van der Waals surface area (Å²) in [4.78, 5) is 17.9. The highest BCUT2D eigenvalue weighted by molar-refractivity contribution is 5.75. The zero-order chi connectivity index (χ0) is 14.8. The van der Waals surface area contributed by atoms with Gasteiger partial charge in [0, 0.05) is 13.5 Å². The first-order chi connectivity index (χ1) is 9.63. The van der Waals surface area contributed by atoms with Crippen LogP contribution in [0.15, 0.2) is 0 Å². The van der Waals surface area contributed by atoms with Gasteiger partial charge in [-0.25, -0.2) is 4.98 Å². The predicted octanol–water partition coefficient (Wildman–Crippen LogP) is 3.21. The molecular weight excluding hydrogens is 252 g/mol. The third kappa shape index (κ3) is 6.68. The third-order valence-corrected chi connectivity index (χ3v) is 3.44. The van der Waals surface area contributed by atoms with E-state index in [1.807, 2.05) is 14.0 Å². The van der Waals surface area contributed by atoms with Gasteiger partial charge in [0.1, 0.15) is 5.82 Å². The number of nitrogens with zero attached hydrogens (tertiary/aromatic N) is 3. The van der Waals surface area contributed by atoms with Crippen molar-refractivity contribution in [1.29, 1.82) is 0 Å². The van der Waals surface area contributed by atoms with Gasteiger partial charge in [0.2, 0.25) is 5.91 Å². The molecule has 5 heteroatoms. The van der Waals surface area contributed by atoms with Crippen LogP contribution in [0.2, 0.25) is 0 Å². The highest BCUT2D eigenvalue weighted by atomic mass is 16.2. The van der Waals surface area contributed by atoms with Crippen molar-refractivity contribution in [2.75, 3.05) is 7.05 Å². The maximum absolute atomic E-state index is 11.9. The molecular formula is C15H28N4O. The van der Waals surface area contributed by atoms with Crippen molar-refractivity contribution in [2.24, 2.45) is 0 Å². The lowest BCUT2D eigenvalue weighted by molar-refractivity contribution is -0.130. The molecule has 5 nitrogen and oxygen atoms in total. The number of amides is 1. The summed E-state index contributed by atoms with van der Waals surface area (Å²) in [7, 11) is 1.81. The molecule has 0 unspecified atom stereocenters. The van der Waals surface area contributed by atoms with E-state index in [0.29, 0.717) is 18.8 Å². The molecule has 0 aromatic carbocycles. The van der Waals surface area contributed by atoms with Gasteiger partial charge in [-0.3, -0.25) is 9.89 Å². The number of hydrogen-bond donors (Lipinski definition) is 1. The number of unbranched alkanes of at least 4 members (excludes halogenated alkanes) is 6. The van der Waals surface area contributed by atoms with Gasteiger partial charge in [0.15, 0.2) is 5.82 Å². The predicted molar refractivity (Wildman–Crippen MR) is 80.2 cm³/mol. The van der Waals surface area contributed by atoms with Gasteiger partial charge in [-0.15, -0.1) is 0 Å². The van der Waals surface area contributed by atoms with E-state index in [0.717, 1.165) is 18.7 Å². The van der Waals surface area contributed by atoms with Gasteiger partial charge in [-0.1, -0.05) is 45.4 Å². The fourth-order valence-corrected chi connectivity index (χ4v) is 2.18. The molecule has 0 saturated carbocycles. The van der Waals surface area contributed by atoms with Gasteiger partial charge in [0.25, 0.3) is 0 Å². The first kappa shape index (κ1) is 16.7. The van der Waals surface area contributed by atoms with Crippen LogP contribution < -0.4 is 0 Å². The molecule has 1 aromatic rings. The Hall–Kier alpha value is -1.39. The van der Waals surface area contributed by atoms with E-state index >= 15 is 0 Å². The van der Waals surface area contributed by atoms with Crippen LogP contribution in [0.3, 0.4) is 0 Å². The molecule has 1 heterocycles. The summed E-state index contributed by atoms with van der Waals surface area (Å²) in [5.74, 6) is 1.65. The number of hydrogen-bond acceptors (Lipinski definition) is 3. The maximum Gasteiger partial charge on any atom is 0.222 e. The SMILES string of the molecule is CCCCCCCCCC(=O)N(C)Cc1n[nH]c(C)n1. The fourth-order valence-electron chi connectivity index (χ4n) is 2.18. The topological polar surface area (TPSA) is 61.9 Å². The van der Waals surface area contributed by atoms with Crippen molar-refractivity contribution >= 4 is 5.91 Å². The van der Waals surface area contributed by atoms with E-state index in [9.17, 15) is 4.79 Å². The third-order valence-electron chi connectivity index (χ3n) is 3.44. The molecule has 0 bridgehead atoms. The number of rotatable bonds is 10. The zero-order valence-corrected chi connectivity index (χ0v) is 13.1. The number of aromatic nitrogens is 3. The lowest BCUT2D eigenvalue weighted by atomic mass is 10.1. The van der Waals surface area contributed by atoms with Crippen LogP contribution >= 0.6 is 0 Å². The first-order valence-electron chi connectivity index (χ1n) is 7.75. The lowest BCUT2D eigenvalue weighted by Gasteiger charge is -2.15. The molecule has 0 spiro atoms. The van der Waals surface area contributed by atoms with Crippen molar-refractivity contribution in [3.8, 4) is 0 Å². The lowest BCUT2D eigenvalue weighted by Crippen LogP contribution is -2.26. The summed E-state index contributed by atoms with van der Waals surface area (Å²) in [6, 6.07) is 0. The number of carbonyl (C=O) groups is 1. The van der Waals surface area contributed by atoms with E-state index in [2.05, 4.69) is 22.1 Å². The van der Waals surface area contributed by atoms with Crippen LogP contribution in [0, 0.1) is 6.92 Å². The normalized spacial score (nSPS) is 10.8. The Morgan fingerprint density at radius 2 is 1.80 bits per heavy atom. The molecule has 0 radical (unpaired) electrons. The first-order valence-corrected chi connectivity index (χ1v) is 7.75. The molecule has 0 atom stereocenters. The second kappa shape index (κ2) is 9.50. The minimum Gasteiger partial charge on any atom is -0.338 e. The second-order valence-corrected chi connectivity index (χ2v) is 5.46. The summed E-state index contributed by atoms with van der Waals surface area (Å²) in [5, 5.41) is 6.84. The molecule has 0 saturated heterocycles. The van der Waals surface area contributed by atoms with Gasteiger partial charge in [0.05, 0.1) is 6.54 Å². The van der Waals surface area contributed by atoms with E-state index < -0.39 is 0 Å². The zero-order valence-electron chi connectivity index (χ0n) is 13.1. The molecule has 0 aliphatic heterocycles. The Kier molecular flexibility index (Phi) is 7.92. The standard InChI is InChI=1S/C15H28N4O/c1-4-5-6-7-8-9-10-11-15(20)19(3)12-14-16-13(2)17-18-14/h4-12H2,1-3H3,(H,16,17,18). The number of nitrogens with one attached hydrogen (secondary N) is 1. The van der Waals surface area contributed by atoms with Gasteiger partial charge in [-0.2, -0.15) is 5.10 Å². The summed E-state index contributed by atoms with van der Waals surface area (Å²) in [6.07, 6.45) is 9.26. The maximum atomic E-state index is 11.9. The van der Waals surface area contributed by atoms with Crippen LogP contribution in [0.1, 0.15) is 69.9 Å². The molecule has 1 N–H and O–H groups in total. The molecule has 20 heavy (non-hydrogen) atoms. The van der Waals surface area contributed by atoms with Crippen molar-refractivity contribution < 1.29 is 4.79 Å². The van der Waals surface area contributed by atoms with Crippen molar-refractivity contribution in [3.63, 3.8) is 0 Å². The Morgan fingerprint density at radius 1 is 1.15 bits per heavy atom. The van der Waals surface area contributed by atoms with Crippen LogP contribution in [-0.2, 0) is 11.3 Å². The summed E-state index contributed by atoms with van der Waals surface area (Å²) in [6.45, 7) is 4.57. The highest BCUT2D eigenvalue weighted by Gasteiger charge is 2.11. The van der Waals surface area contributed by atoms with Crippen LogP contribution in [0.25, 0.3) is 0 Å². The number of carbonyl (C=O) groups excluding carboxylic acids is 1. The Bertz CT molecular complexity index is 389. The molecule has 114 valence electrons. The number of aromatic amines is 1. The summed E-state index contributed by atoms with van der Waals surface area (Å²) in [5.41, 5.74) is 0. The van der Waals surface area contributed by atoms with Crippen molar-refractivity contribution in [1.82, 2.24) is 20.1 Å². The second-order valence-electron chi connectivity index (χ2n) is 5.46.